The van der Waals surface area contributed by atoms with Gasteiger partial charge in [0.2, 0.25) is 0 Å². The van der Waals surface area contributed by atoms with Gasteiger partial charge in [-0.1, -0.05) is 13.8 Å². The fourth-order valence-electron chi connectivity index (χ4n) is 1.46. The number of aromatic nitrogens is 1. The first kappa shape index (κ1) is 10.9. The van der Waals surface area contributed by atoms with E-state index < -0.39 is 5.97 Å². The summed E-state index contributed by atoms with van der Waals surface area (Å²) in [7, 11) is 0. The summed E-state index contributed by atoms with van der Waals surface area (Å²) in [6, 6.07) is 3.20. The van der Waals surface area contributed by atoms with E-state index in [1.54, 1.807) is 6.07 Å². The Hall–Kier alpha value is -1.58. The van der Waals surface area contributed by atoms with Gasteiger partial charge < -0.3 is 9.84 Å². The SMILES string of the molecule is CC(C)c1nc(C(=O)O)ccc1OC1CC1. The van der Waals surface area contributed by atoms with Gasteiger partial charge in [-0.3, -0.25) is 0 Å². The lowest BCUT2D eigenvalue weighted by molar-refractivity contribution is 0.0690. The molecule has 1 aliphatic carbocycles. The second-order valence-electron chi connectivity index (χ2n) is 4.36. The van der Waals surface area contributed by atoms with Crippen molar-refractivity contribution in [1.29, 1.82) is 0 Å². The molecule has 16 heavy (non-hydrogen) atoms. The Morgan fingerprint density at radius 1 is 1.50 bits per heavy atom. The molecule has 1 aromatic rings. The third-order valence-corrected chi connectivity index (χ3v) is 2.47. The Labute approximate surface area is 94.3 Å². The maximum absolute atomic E-state index is 10.8. The molecule has 1 fully saturated rings. The van der Waals surface area contributed by atoms with E-state index in [4.69, 9.17) is 9.84 Å². The molecule has 0 saturated heterocycles. The van der Waals surface area contributed by atoms with Crippen molar-refractivity contribution in [2.45, 2.75) is 38.7 Å². The maximum atomic E-state index is 10.8. The van der Waals surface area contributed by atoms with E-state index in [1.165, 1.54) is 6.07 Å². The van der Waals surface area contributed by atoms with Gasteiger partial charge in [-0.15, -0.1) is 0 Å². The van der Waals surface area contributed by atoms with Crippen LogP contribution in [0, 0.1) is 0 Å². The van der Waals surface area contributed by atoms with Gasteiger partial charge in [-0.05, 0) is 30.9 Å². The van der Waals surface area contributed by atoms with E-state index in [-0.39, 0.29) is 11.6 Å². The van der Waals surface area contributed by atoms with Crippen LogP contribution in [0.3, 0.4) is 0 Å². The highest BCUT2D eigenvalue weighted by Crippen LogP contribution is 2.31. The van der Waals surface area contributed by atoms with E-state index in [1.807, 2.05) is 13.8 Å². The molecule has 0 aromatic carbocycles. The summed E-state index contributed by atoms with van der Waals surface area (Å²) in [5.41, 5.74) is 0.804. The smallest absolute Gasteiger partial charge is 0.354 e. The number of nitrogens with zero attached hydrogens (tertiary/aromatic N) is 1. The lowest BCUT2D eigenvalue weighted by Gasteiger charge is -2.13. The Bertz CT molecular complexity index is 411. The minimum atomic E-state index is -1.00. The number of carboxylic acids is 1. The van der Waals surface area contributed by atoms with E-state index in [0.717, 1.165) is 24.3 Å². The molecule has 0 unspecified atom stereocenters. The van der Waals surface area contributed by atoms with Crippen molar-refractivity contribution in [2.24, 2.45) is 0 Å². The normalized spacial score (nSPS) is 15.2. The van der Waals surface area contributed by atoms with Gasteiger partial charge in [-0.2, -0.15) is 0 Å². The first-order valence-electron chi connectivity index (χ1n) is 5.49. The molecule has 1 aromatic heterocycles. The summed E-state index contributed by atoms with van der Waals surface area (Å²) in [6.45, 7) is 3.96. The van der Waals surface area contributed by atoms with Crippen molar-refractivity contribution in [3.05, 3.63) is 23.5 Å². The van der Waals surface area contributed by atoms with Crippen LogP contribution in [0.4, 0.5) is 0 Å². The van der Waals surface area contributed by atoms with Crippen molar-refractivity contribution < 1.29 is 14.6 Å². The molecule has 1 aliphatic rings. The predicted molar refractivity (Wildman–Crippen MR) is 58.9 cm³/mol. The third-order valence-electron chi connectivity index (χ3n) is 2.47. The van der Waals surface area contributed by atoms with Gasteiger partial charge in [-0.25, -0.2) is 9.78 Å². The van der Waals surface area contributed by atoms with Crippen LogP contribution in [0.5, 0.6) is 5.75 Å². The van der Waals surface area contributed by atoms with E-state index in [9.17, 15) is 4.79 Å². The average Bonchev–Trinajstić information content (AvgIpc) is 3.01. The number of hydrogen-bond donors (Lipinski definition) is 1. The Morgan fingerprint density at radius 3 is 2.69 bits per heavy atom. The van der Waals surface area contributed by atoms with Crippen molar-refractivity contribution in [2.75, 3.05) is 0 Å². The summed E-state index contributed by atoms with van der Waals surface area (Å²) in [5, 5.41) is 8.87. The van der Waals surface area contributed by atoms with Crippen LogP contribution < -0.4 is 4.74 Å². The number of rotatable bonds is 4. The molecular formula is C12H15NO3. The summed E-state index contributed by atoms with van der Waals surface area (Å²) < 4.78 is 5.70. The van der Waals surface area contributed by atoms with Crippen LogP contribution in [-0.4, -0.2) is 22.2 Å². The van der Waals surface area contributed by atoms with Crippen molar-refractivity contribution in [1.82, 2.24) is 4.98 Å². The van der Waals surface area contributed by atoms with Crippen LogP contribution in [0.15, 0.2) is 12.1 Å². The summed E-state index contributed by atoms with van der Waals surface area (Å²) in [5.74, 6) is -0.115. The number of aromatic carboxylic acids is 1. The molecule has 0 bridgehead atoms. The molecule has 4 heteroatoms. The lowest BCUT2D eigenvalue weighted by atomic mass is 10.1. The second-order valence-corrected chi connectivity index (χ2v) is 4.36. The second kappa shape index (κ2) is 4.12. The number of pyridine rings is 1. The predicted octanol–water partition coefficient (Wildman–Crippen LogP) is 2.44. The van der Waals surface area contributed by atoms with Crippen LogP contribution in [-0.2, 0) is 0 Å². The Morgan fingerprint density at radius 2 is 2.19 bits per heavy atom. The number of carbonyl (C=O) groups is 1. The molecule has 1 saturated carbocycles. The Balaban J connectivity index is 2.31. The highest BCUT2D eigenvalue weighted by atomic mass is 16.5. The van der Waals surface area contributed by atoms with Gasteiger partial charge in [0.15, 0.2) is 0 Å². The van der Waals surface area contributed by atoms with Crippen molar-refractivity contribution >= 4 is 5.97 Å². The topological polar surface area (TPSA) is 59.4 Å². The van der Waals surface area contributed by atoms with E-state index in [0.29, 0.717) is 6.10 Å². The van der Waals surface area contributed by atoms with Crippen LogP contribution in [0.1, 0.15) is 48.8 Å². The molecular weight excluding hydrogens is 206 g/mol. The van der Waals surface area contributed by atoms with E-state index in [2.05, 4.69) is 4.98 Å². The van der Waals surface area contributed by atoms with Gasteiger partial charge in [0, 0.05) is 0 Å². The lowest BCUT2D eigenvalue weighted by Crippen LogP contribution is -2.08. The molecule has 0 radical (unpaired) electrons. The molecule has 1 N–H and O–H groups in total. The third kappa shape index (κ3) is 2.32. The highest BCUT2D eigenvalue weighted by molar-refractivity contribution is 5.85. The number of hydrogen-bond acceptors (Lipinski definition) is 3. The van der Waals surface area contributed by atoms with Crippen molar-refractivity contribution in [3.63, 3.8) is 0 Å². The van der Waals surface area contributed by atoms with E-state index >= 15 is 0 Å². The summed E-state index contributed by atoms with van der Waals surface area (Å²) in [4.78, 5) is 14.9. The summed E-state index contributed by atoms with van der Waals surface area (Å²) in [6.07, 6.45) is 2.46. The van der Waals surface area contributed by atoms with Crippen LogP contribution >= 0.6 is 0 Å². The molecule has 1 heterocycles. The van der Waals surface area contributed by atoms with Gasteiger partial charge in [0.05, 0.1) is 11.8 Å². The standard InChI is InChI=1S/C12H15NO3/c1-7(2)11-10(16-8-3-4-8)6-5-9(13-11)12(14)15/h5-8H,3-4H2,1-2H3,(H,14,15). The minimum absolute atomic E-state index is 0.0758. The molecule has 0 amide bonds. The zero-order valence-corrected chi connectivity index (χ0v) is 9.43. The fraction of sp³-hybridized carbons (Fsp3) is 0.500. The number of carboxylic acid groups (broad SMARTS) is 1. The average molecular weight is 221 g/mol. The first-order chi connectivity index (χ1) is 7.58. The van der Waals surface area contributed by atoms with Gasteiger partial charge >= 0.3 is 5.97 Å². The molecule has 4 nitrogen and oxygen atoms in total. The fourth-order valence-corrected chi connectivity index (χ4v) is 1.46. The van der Waals surface area contributed by atoms with Gasteiger partial charge in [0.1, 0.15) is 11.4 Å². The quantitative estimate of drug-likeness (QED) is 0.848. The highest BCUT2D eigenvalue weighted by Gasteiger charge is 2.25. The monoisotopic (exact) mass is 221 g/mol. The van der Waals surface area contributed by atoms with Crippen molar-refractivity contribution in [3.8, 4) is 5.75 Å². The molecule has 0 spiro atoms. The minimum Gasteiger partial charge on any atom is -0.489 e. The zero-order valence-electron chi connectivity index (χ0n) is 9.43. The zero-order chi connectivity index (χ0) is 11.7. The Kier molecular flexibility index (Phi) is 2.81. The summed E-state index contributed by atoms with van der Waals surface area (Å²) >= 11 is 0. The molecule has 0 aliphatic heterocycles. The molecule has 0 atom stereocenters. The first-order valence-corrected chi connectivity index (χ1v) is 5.49. The van der Waals surface area contributed by atoms with Crippen LogP contribution in [0.2, 0.25) is 0 Å². The van der Waals surface area contributed by atoms with Crippen LogP contribution in [0.25, 0.3) is 0 Å². The maximum Gasteiger partial charge on any atom is 0.354 e. The largest absolute Gasteiger partial charge is 0.489 e. The van der Waals surface area contributed by atoms with Gasteiger partial charge in [0.25, 0.3) is 0 Å². The number of ether oxygens (including phenoxy) is 1. The molecule has 86 valence electrons. The molecule has 2 rings (SSSR count).